The summed E-state index contributed by atoms with van der Waals surface area (Å²) in [6, 6.07) is 17.4. The molecule has 0 aromatic heterocycles. The van der Waals surface area contributed by atoms with Crippen LogP contribution in [0.2, 0.25) is 0 Å². The molecule has 2 aromatic rings. The molecule has 5 nitrogen and oxygen atoms in total. The SMILES string of the molecule is O=C(O)COc1ccc(CCNC(=O)C2(Sc3ccccc3)CCCC2)cc1. The Bertz CT molecular complexity index is 786. The molecule has 28 heavy (non-hydrogen) atoms. The van der Waals surface area contributed by atoms with Crippen LogP contribution in [0.5, 0.6) is 5.75 Å². The Balaban J connectivity index is 1.51. The van der Waals surface area contributed by atoms with Gasteiger partial charge in [-0.05, 0) is 49.1 Å². The van der Waals surface area contributed by atoms with Crippen LogP contribution in [-0.4, -0.2) is 34.9 Å². The largest absolute Gasteiger partial charge is 0.482 e. The van der Waals surface area contributed by atoms with Crippen molar-refractivity contribution >= 4 is 23.6 Å². The lowest BCUT2D eigenvalue weighted by atomic mass is 10.1. The molecule has 1 fully saturated rings. The summed E-state index contributed by atoms with van der Waals surface area (Å²) in [7, 11) is 0. The molecule has 1 aliphatic rings. The predicted octanol–water partition coefficient (Wildman–Crippen LogP) is 3.91. The first-order chi connectivity index (χ1) is 13.6. The highest BCUT2D eigenvalue weighted by Gasteiger charge is 2.41. The molecule has 0 radical (unpaired) electrons. The molecule has 0 unspecified atom stereocenters. The number of hydrogen-bond acceptors (Lipinski definition) is 4. The third kappa shape index (κ3) is 5.52. The first kappa shape index (κ1) is 20.3. The number of carboxylic acid groups (broad SMARTS) is 1. The number of hydrogen-bond donors (Lipinski definition) is 2. The average molecular weight is 400 g/mol. The summed E-state index contributed by atoms with van der Waals surface area (Å²) in [5.74, 6) is -0.347. The zero-order valence-corrected chi connectivity index (χ0v) is 16.5. The monoisotopic (exact) mass is 399 g/mol. The third-order valence-electron chi connectivity index (χ3n) is 4.87. The van der Waals surface area contributed by atoms with Crippen molar-refractivity contribution in [1.29, 1.82) is 0 Å². The molecule has 0 heterocycles. The maximum absolute atomic E-state index is 13.0. The minimum absolute atomic E-state index is 0.125. The summed E-state index contributed by atoms with van der Waals surface area (Å²) in [6.45, 7) is 0.224. The fourth-order valence-corrected chi connectivity index (χ4v) is 4.82. The molecule has 0 atom stereocenters. The van der Waals surface area contributed by atoms with Gasteiger partial charge in [0.25, 0.3) is 0 Å². The van der Waals surface area contributed by atoms with Crippen molar-refractivity contribution in [2.24, 2.45) is 0 Å². The van der Waals surface area contributed by atoms with E-state index in [-0.39, 0.29) is 17.3 Å². The number of carboxylic acids is 1. The van der Waals surface area contributed by atoms with E-state index in [1.807, 2.05) is 30.3 Å². The molecule has 148 valence electrons. The van der Waals surface area contributed by atoms with E-state index in [2.05, 4.69) is 17.4 Å². The van der Waals surface area contributed by atoms with E-state index in [9.17, 15) is 9.59 Å². The minimum atomic E-state index is -0.999. The number of ether oxygens (including phenoxy) is 1. The number of carbonyl (C=O) groups excluding carboxylic acids is 1. The van der Waals surface area contributed by atoms with Crippen molar-refractivity contribution in [3.63, 3.8) is 0 Å². The van der Waals surface area contributed by atoms with Crippen LogP contribution in [-0.2, 0) is 16.0 Å². The number of aliphatic carboxylic acids is 1. The van der Waals surface area contributed by atoms with Crippen molar-refractivity contribution in [3.8, 4) is 5.75 Å². The standard InChI is InChI=1S/C22H25NO4S/c24-20(25)16-27-18-10-8-17(9-11-18)12-15-23-21(26)22(13-4-5-14-22)28-19-6-2-1-3-7-19/h1-3,6-11H,4-5,12-16H2,(H,23,26)(H,24,25). The van der Waals surface area contributed by atoms with Crippen molar-refractivity contribution < 1.29 is 19.4 Å². The van der Waals surface area contributed by atoms with Gasteiger partial charge in [-0.25, -0.2) is 4.79 Å². The summed E-state index contributed by atoms with van der Waals surface area (Å²) in [4.78, 5) is 24.6. The van der Waals surface area contributed by atoms with E-state index in [1.54, 1.807) is 23.9 Å². The summed E-state index contributed by atoms with van der Waals surface area (Å²) >= 11 is 1.69. The van der Waals surface area contributed by atoms with Gasteiger partial charge in [0.1, 0.15) is 5.75 Å². The van der Waals surface area contributed by atoms with Crippen LogP contribution >= 0.6 is 11.8 Å². The van der Waals surface area contributed by atoms with Crippen molar-refractivity contribution in [1.82, 2.24) is 5.32 Å². The maximum atomic E-state index is 13.0. The lowest BCUT2D eigenvalue weighted by molar-refractivity contribution is -0.139. The van der Waals surface area contributed by atoms with Crippen LogP contribution in [0.25, 0.3) is 0 Å². The Hall–Kier alpha value is -2.47. The number of amides is 1. The van der Waals surface area contributed by atoms with Gasteiger partial charge < -0.3 is 15.2 Å². The Kier molecular flexibility index (Phi) is 6.98. The van der Waals surface area contributed by atoms with Crippen LogP contribution < -0.4 is 10.1 Å². The molecular formula is C22H25NO4S. The average Bonchev–Trinajstić information content (AvgIpc) is 3.18. The van der Waals surface area contributed by atoms with Crippen molar-refractivity contribution in [2.75, 3.05) is 13.2 Å². The second kappa shape index (κ2) is 9.64. The van der Waals surface area contributed by atoms with Crippen LogP contribution in [0.15, 0.2) is 59.5 Å². The van der Waals surface area contributed by atoms with Crippen LogP contribution in [0, 0.1) is 0 Å². The number of nitrogens with one attached hydrogen (secondary N) is 1. The van der Waals surface area contributed by atoms with E-state index in [0.29, 0.717) is 12.3 Å². The minimum Gasteiger partial charge on any atom is -0.482 e. The smallest absolute Gasteiger partial charge is 0.341 e. The van der Waals surface area contributed by atoms with Gasteiger partial charge in [-0.3, -0.25) is 4.79 Å². The highest BCUT2D eigenvalue weighted by Crippen LogP contribution is 2.45. The number of benzene rings is 2. The molecule has 1 saturated carbocycles. The number of carbonyl (C=O) groups is 2. The lowest BCUT2D eigenvalue weighted by Crippen LogP contribution is -2.43. The molecule has 2 aromatic carbocycles. The summed E-state index contributed by atoms with van der Waals surface area (Å²) in [6.07, 6.45) is 4.72. The Morgan fingerprint density at radius 1 is 1.04 bits per heavy atom. The van der Waals surface area contributed by atoms with Gasteiger partial charge in [-0.1, -0.05) is 43.2 Å². The molecule has 1 aliphatic carbocycles. The molecule has 0 aliphatic heterocycles. The molecule has 6 heteroatoms. The normalized spacial score (nSPS) is 15.1. The van der Waals surface area contributed by atoms with Gasteiger partial charge in [0.05, 0.1) is 4.75 Å². The molecular weight excluding hydrogens is 374 g/mol. The van der Waals surface area contributed by atoms with E-state index < -0.39 is 5.97 Å². The second-order valence-electron chi connectivity index (χ2n) is 6.95. The molecule has 3 rings (SSSR count). The molecule has 2 N–H and O–H groups in total. The first-order valence-electron chi connectivity index (χ1n) is 9.53. The van der Waals surface area contributed by atoms with E-state index in [4.69, 9.17) is 9.84 Å². The number of thioether (sulfide) groups is 1. The summed E-state index contributed by atoms with van der Waals surface area (Å²) in [5.41, 5.74) is 1.07. The van der Waals surface area contributed by atoms with E-state index in [0.717, 1.165) is 42.6 Å². The molecule has 0 spiro atoms. The molecule has 0 saturated heterocycles. The van der Waals surface area contributed by atoms with Gasteiger partial charge in [-0.15, -0.1) is 11.8 Å². The lowest BCUT2D eigenvalue weighted by Gasteiger charge is -2.27. The number of rotatable bonds is 9. The maximum Gasteiger partial charge on any atom is 0.341 e. The summed E-state index contributed by atoms with van der Waals surface area (Å²) in [5, 5.41) is 11.8. The predicted molar refractivity (Wildman–Crippen MR) is 110 cm³/mol. The molecule has 0 bridgehead atoms. The van der Waals surface area contributed by atoms with E-state index >= 15 is 0 Å². The zero-order valence-electron chi connectivity index (χ0n) is 15.7. The van der Waals surface area contributed by atoms with Crippen LogP contribution in [0.1, 0.15) is 31.2 Å². The quantitative estimate of drug-likeness (QED) is 0.669. The van der Waals surface area contributed by atoms with E-state index in [1.165, 1.54) is 0 Å². The fourth-order valence-electron chi connectivity index (χ4n) is 3.41. The topological polar surface area (TPSA) is 75.6 Å². The Morgan fingerprint density at radius 3 is 2.36 bits per heavy atom. The van der Waals surface area contributed by atoms with Gasteiger partial charge >= 0.3 is 5.97 Å². The van der Waals surface area contributed by atoms with Crippen LogP contribution in [0.3, 0.4) is 0 Å². The Labute approximate surface area is 169 Å². The zero-order chi connectivity index (χ0) is 19.8. The summed E-state index contributed by atoms with van der Waals surface area (Å²) < 4.78 is 4.77. The van der Waals surface area contributed by atoms with Crippen molar-refractivity contribution in [2.45, 2.75) is 41.7 Å². The highest BCUT2D eigenvalue weighted by atomic mass is 32.2. The van der Waals surface area contributed by atoms with Gasteiger partial charge in [-0.2, -0.15) is 0 Å². The third-order valence-corrected chi connectivity index (χ3v) is 6.36. The van der Waals surface area contributed by atoms with Gasteiger partial charge in [0.2, 0.25) is 5.91 Å². The Morgan fingerprint density at radius 2 is 1.71 bits per heavy atom. The highest BCUT2D eigenvalue weighted by molar-refractivity contribution is 8.01. The molecule has 1 amide bonds. The second-order valence-corrected chi connectivity index (χ2v) is 8.41. The first-order valence-corrected chi connectivity index (χ1v) is 10.3. The van der Waals surface area contributed by atoms with Gasteiger partial charge in [0, 0.05) is 11.4 Å². The van der Waals surface area contributed by atoms with Crippen LogP contribution in [0.4, 0.5) is 0 Å². The van der Waals surface area contributed by atoms with Crippen molar-refractivity contribution in [3.05, 3.63) is 60.2 Å². The fraction of sp³-hybridized carbons (Fsp3) is 0.364. The van der Waals surface area contributed by atoms with Gasteiger partial charge in [0.15, 0.2) is 6.61 Å².